The topological polar surface area (TPSA) is 67.4 Å². The molecule has 3 rings (SSSR count). The van der Waals surface area contributed by atoms with E-state index in [-0.39, 0.29) is 11.9 Å². The van der Waals surface area contributed by atoms with Crippen LogP contribution < -0.4 is 5.32 Å². The van der Waals surface area contributed by atoms with Crippen LogP contribution in [0.3, 0.4) is 0 Å². The van der Waals surface area contributed by atoms with Gasteiger partial charge in [-0.3, -0.25) is 4.79 Å². The van der Waals surface area contributed by atoms with Crippen molar-refractivity contribution in [3.63, 3.8) is 0 Å². The first-order chi connectivity index (χ1) is 11.1. The molecular weight excluding hydrogens is 292 g/mol. The van der Waals surface area contributed by atoms with E-state index in [4.69, 9.17) is 4.74 Å². The van der Waals surface area contributed by atoms with Crippen LogP contribution >= 0.6 is 0 Å². The Morgan fingerprint density at radius 3 is 2.35 bits per heavy atom. The van der Waals surface area contributed by atoms with Crippen LogP contribution in [0.15, 0.2) is 6.33 Å². The lowest BCUT2D eigenvalue weighted by Gasteiger charge is -2.39. The average Bonchev–Trinajstić information content (AvgIpc) is 2.56. The molecule has 126 valence electrons. The molecule has 0 atom stereocenters. The van der Waals surface area contributed by atoms with Gasteiger partial charge >= 0.3 is 0 Å². The Hall–Kier alpha value is -1.53. The molecule has 0 radical (unpaired) electrons. The Balaban J connectivity index is 1.53. The number of likely N-dealkylation sites (tertiary alicyclic amines) is 1. The summed E-state index contributed by atoms with van der Waals surface area (Å²) >= 11 is 0. The lowest BCUT2D eigenvalue weighted by atomic mass is 9.99. The Morgan fingerprint density at radius 2 is 1.74 bits per heavy atom. The van der Waals surface area contributed by atoms with E-state index in [1.807, 2.05) is 13.8 Å². The second kappa shape index (κ2) is 7.36. The fourth-order valence-electron chi connectivity index (χ4n) is 3.64. The molecule has 2 aliphatic rings. The van der Waals surface area contributed by atoms with E-state index >= 15 is 0 Å². The molecule has 0 spiro atoms. The fourth-order valence-corrected chi connectivity index (χ4v) is 3.64. The summed E-state index contributed by atoms with van der Waals surface area (Å²) in [6.07, 6.45) is 5.80. The Morgan fingerprint density at radius 1 is 1.13 bits per heavy atom. The first-order valence-electron chi connectivity index (χ1n) is 8.56. The van der Waals surface area contributed by atoms with Gasteiger partial charge < -0.3 is 15.0 Å². The van der Waals surface area contributed by atoms with Gasteiger partial charge in [0.25, 0.3) is 5.91 Å². The van der Waals surface area contributed by atoms with E-state index in [9.17, 15) is 4.79 Å². The van der Waals surface area contributed by atoms with Gasteiger partial charge in [-0.2, -0.15) is 0 Å². The number of nitrogens with zero attached hydrogens (tertiary/aromatic N) is 3. The first kappa shape index (κ1) is 16.3. The number of hydrogen-bond donors (Lipinski definition) is 1. The highest BCUT2D eigenvalue weighted by Crippen LogP contribution is 2.20. The SMILES string of the molecule is Cc1ncnc(C)c1C(=O)NC1CCN(C2CCOCC2)CC1. The zero-order chi connectivity index (χ0) is 16.2. The predicted octanol–water partition coefficient (Wildman–Crippen LogP) is 1.47. The highest BCUT2D eigenvalue weighted by molar-refractivity contribution is 5.96. The number of aryl methyl sites for hydroxylation is 2. The van der Waals surface area contributed by atoms with Gasteiger partial charge in [-0.05, 0) is 39.5 Å². The largest absolute Gasteiger partial charge is 0.381 e. The van der Waals surface area contributed by atoms with Gasteiger partial charge in [0, 0.05) is 38.4 Å². The van der Waals surface area contributed by atoms with Crippen LogP contribution in [-0.2, 0) is 4.74 Å². The second-order valence-corrected chi connectivity index (χ2v) is 6.55. The summed E-state index contributed by atoms with van der Waals surface area (Å²) in [5.74, 6) is -0.0369. The molecule has 1 amide bonds. The van der Waals surface area contributed by atoms with Gasteiger partial charge in [0.05, 0.1) is 17.0 Å². The van der Waals surface area contributed by atoms with Crippen molar-refractivity contribution in [2.24, 2.45) is 0 Å². The highest BCUT2D eigenvalue weighted by Gasteiger charge is 2.27. The number of amides is 1. The van der Waals surface area contributed by atoms with E-state index in [0.717, 1.165) is 63.4 Å². The summed E-state index contributed by atoms with van der Waals surface area (Å²) in [6.45, 7) is 7.59. The fraction of sp³-hybridized carbons (Fsp3) is 0.706. The maximum Gasteiger partial charge on any atom is 0.255 e. The van der Waals surface area contributed by atoms with Crippen molar-refractivity contribution in [1.82, 2.24) is 20.2 Å². The van der Waals surface area contributed by atoms with Crippen LogP contribution in [0.4, 0.5) is 0 Å². The third-order valence-corrected chi connectivity index (χ3v) is 5.03. The zero-order valence-electron chi connectivity index (χ0n) is 14.0. The molecule has 1 aromatic heterocycles. The molecule has 2 saturated heterocycles. The summed E-state index contributed by atoms with van der Waals surface area (Å²) in [5.41, 5.74) is 2.11. The molecule has 0 unspecified atom stereocenters. The van der Waals surface area contributed by atoms with Crippen molar-refractivity contribution in [2.75, 3.05) is 26.3 Å². The van der Waals surface area contributed by atoms with E-state index in [0.29, 0.717) is 11.6 Å². The number of nitrogens with one attached hydrogen (secondary N) is 1. The number of rotatable bonds is 3. The minimum atomic E-state index is -0.0369. The van der Waals surface area contributed by atoms with Crippen LogP contribution in [0, 0.1) is 13.8 Å². The van der Waals surface area contributed by atoms with Gasteiger partial charge in [-0.25, -0.2) is 9.97 Å². The molecule has 3 heterocycles. The summed E-state index contributed by atoms with van der Waals surface area (Å²) in [4.78, 5) is 23.3. The van der Waals surface area contributed by atoms with Crippen LogP contribution in [0.1, 0.15) is 47.4 Å². The Labute approximate surface area is 137 Å². The number of piperidine rings is 1. The smallest absolute Gasteiger partial charge is 0.255 e. The standard InChI is InChI=1S/C17H26N4O2/c1-12-16(13(2)19-11-18-12)17(22)20-14-3-7-21(8-4-14)15-5-9-23-10-6-15/h11,14-15H,3-10H2,1-2H3,(H,20,22). The van der Waals surface area contributed by atoms with Crippen LogP contribution in [0.2, 0.25) is 0 Å². The first-order valence-corrected chi connectivity index (χ1v) is 8.56. The molecule has 0 aliphatic carbocycles. The molecule has 2 aliphatic heterocycles. The van der Waals surface area contributed by atoms with Crippen LogP contribution in [-0.4, -0.2) is 59.2 Å². The summed E-state index contributed by atoms with van der Waals surface area (Å²) < 4.78 is 5.44. The quantitative estimate of drug-likeness (QED) is 0.914. The van der Waals surface area contributed by atoms with E-state index in [1.165, 1.54) is 6.33 Å². The molecule has 1 aromatic rings. The summed E-state index contributed by atoms with van der Waals surface area (Å²) in [6, 6.07) is 0.907. The van der Waals surface area contributed by atoms with E-state index in [2.05, 4.69) is 20.2 Å². The van der Waals surface area contributed by atoms with Gasteiger partial charge in [0.2, 0.25) is 0 Å². The number of aromatic nitrogens is 2. The second-order valence-electron chi connectivity index (χ2n) is 6.55. The lowest BCUT2D eigenvalue weighted by molar-refractivity contribution is 0.0238. The minimum absolute atomic E-state index is 0.0369. The van der Waals surface area contributed by atoms with Crippen molar-refractivity contribution >= 4 is 5.91 Å². The summed E-state index contributed by atoms with van der Waals surface area (Å²) in [7, 11) is 0. The number of carbonyl (C=O) groups is 1. The van der Waals surface area contributed by atoms with Crippen LogP contribution in [0.5, 0.6) is 0 Å². The monoisotopic (exact) mass is 318 g/mol. The van der Waals surface area contributed by atoms with Crippen molar-refractivity contribution in [2.45, 2.75) is 51.6 Å². The summed E-state index contributed by atoms with van der Waals surface area (Å²) in [5, 5.41) is 3.17. The van der Waals surface area contributed by atoms with Crippen molar-refractivity contribution in [3.05, 3.63) is 23.3 Å². The molecule has 6 nitrogen and oxygen atoms in total. The number of ether oxygens (including phenoxy) is 1. The molecule has 6 heteroatoms. The highest BCUT2D eigenvalue weighted by atomic mass is 16.5. The van der Waals surface area contributed by atoms with Gasteiger partial charge in [-0.15, -0.1) is 0 Å². The van der Waals surface area contributed by atoms with Gasteiger partial charge in [0.1, 0.15) is 6.33 Å². The van der Waals surface area contributed by atoms with E-state index in [1.54, 1.807) is 0 Å². The maximum absolute atomic E-state index is 12.5. The van der Waals surface area contributed by atoms with Crippen molar-refractivity contribution in [3.8, 4) is 0 Å². The van der Waals surface area contributed by atoms with Gasteiger partial charge in [0.15, 0.2) is 0 Å². The average molecular weight is 318 g/mol. The minimum Gasteiger partial charge on any atom is -0.381 e. The molecule has 1 N–H and O–H groups in total. The third-order valence-electron chi connectivity index (χ3n) is 5.03. The number of hydrogen-bond acceptors (Lipinski definition) is 5. The zero-order valence-corrected chi connectivity index (χ0v) is 14.0. The van der Waals surface area contributed by atoms with E-state index < -0.39 is 0 Å². The molecule has 23 heavy (non-hydrogen) atoms. The molecule has 2 fully saturated rings. The molecule has 0 bridgehead atoms. The van der Waals surface area contributed by atoms with Crippen molar-refractivity contribution < 1.29 is 9.53 Å². The molecule has 0 saturated carbocycles. The lowest BCUT2D eigenvalue weighted by Crippen LogP contribution is -2.49. The predicted molar refractivity (Wildman–Crippen MR) is 87.4 cm³/mol. The Kier molecular flexibility index (Phi) is 5.23. The maximum atomic E-state index is 12.5. The third kappa shape index (κ3) is 3.87. The van der Waals surface area contributed by atoms with Gasteiger partial charge in [-0.1, -0.05) is 0 Å². The van der Waals surface area contributed by atoms with Crippen LogP contribution in [0.25, 0.3) is 0 Å². The molecular formula is C17H26N4O2. The van der Waals surface area contributed by atoms with Crippen molar-refractivity contribution in [1.29, 1.82) is 0 Å². The Bertz CT molecular complexity index is 529. The number of carbonyl (C=O) groups excluding carboxylic acids is 1. The normalized spacial score (nSPS) is 21.3. The molecule has 0 aromatic carbocycles.